The van der Waals surface area contributed by atoms with Crippen molar-refractivity contribution in [2.24, 2.45) is 5.73 Å². The average molecular weight is 262 g/mol. The molecule has 0 aliphatic carbocycles. The van der Waals surface area contributed by atoms with Crippen molar-refractivity contribution in [1.82, 2.24) is 19.7 Å². The topological polar surface area (TPSA) is 108 Å². The maximum atomic E-state index is 11.9. The minimum absolute atomic E-state index is 0.0985. The Morgan fingerprint density at radius 3 is 3.11 bits per heavy atom. The number of anilines is 1. The number of ether oxygens (including phenoxy) is 1. The van der Waals surface area contributed by atoms with Gasteiger partial charge in [0.1, 0.15) is 18.8 Å². The molecule has 0 saturated heterocycles. The first-order valence-corrected chi connectivity index (χ1v) is 5.60. The monoisotopic (exact) mass is 262 g/mol. The molecular weight excluding hydrogens is 248 g/mol. The third-order valence-corrected chi connectivity index (χ3v) is 2.47. The van der Waals surface area contributed by atoms with Crippen molar-refractivity contribution in [3.63, 3.8) is 0 Å². The van der Waals surface area contributed by atoms with Gasteiger partial charge in [0.15, 0.2) is 5.82 Å². The number of carbonyl (C=O) groups is 1. The van der Waals surface area contributed by atoms with E-state index in [0.717, 1.165) is 0 Å². The van der Waals surface area contributed by atoms with E-state index in [1.807, 2.05) is 0 Å². The fraction of sp³-hybridized carbons (Fsp3) is 0.273. The average Bonchev–Trinajstić information content (AvgIpc) is 2.94. The van der Waals surface area contributed by atoms with E-state index in [2.05, 4.69) is 20.4 Å². The van der Waals surface area contributed by atoms with Gasteiger partial charge in [0.05, 0.1) is 5.69 Å². The van der Waals surface area contributed by atoms with Crippen LogP contribution in [0.4, 0.5) is 5.69 Å². The second-order valence-corrected chi connectivity index (χ2v) is 3.66. The highest BCUT2D eigenvalue weighted by molar-refractivity contribution is 5.95. The summed E-state index contributed by atoms with van der Waals surface area (Å²) in [5.74, 6) is 0.139. The highest BCUT2D eigenvalue weighted by Crippen LogP contribution is 2.16. The third kappa shape index (κ3) is 2.92. The van der Waals surface area contributed by atoms with Crippen LogP contribution in [0.5, 0.6) is 0 Å². The number of rotatable bonds is 5. The van der Waals surface area contributed by atoms with Gasteiger partial charge in [0.2, 0.25) is 0 Å². The summed E-state index contributed by atoms with van der Waals surface area (Å²) in [4.78, 5) is 19.9. The van der Waals surface area contributed by atoms with Gasteiger partial charge in [0, 0.05) is 19.9 Å². The standard InChI is InChI=1S/C11H14N6O2/c1-19-9(5-12)11(18)16-8-3-2-4-14-10(8)17-7-13-6-15-17/h2-4,6-7,9H,5,12H2,1H3,(H,16,18). The number of hydrogen-bond donors (Lipinski definition) is 2. The maximum Gasteiger partial charge on any atom is 0.254 e. The molecule has 1 atom stereocenters. The summed E-state index contributed by atoms with van der Waals surface area (Å²) in [6.45, 7) is 0.0985. The molecule has 0 aliphatic rings. The first-order valence-electron chi connectivity index (χ1n) is 5.60. The fourth-order valence-electron chi connectivity index (χ4n) is 1.52. The van der Waals surface area contributed by atoms with Gasteiger partial charge in [-0.25, -0.2) is 14.6 Å². The second-order valence-electron chi connectivity index (χ2n) is 3.66. The number of aromatic nitrogens is 4. The van der Waals surface area contributed by atoms with Crippen LogP contribution in [0.3, 0.4) is 0 Å². The summed E-state index contributed by atoms with van der Waals surface area (Å²) in [6, 6.07) is 3.42. The molecule has 8 heteroatoms. The number of amides is 1. The number of hydrogen-bond acceptors (Lipinski definition) is 6. The highest BCUT2D eigenvalue weighted by Gasteiger charge is 2.17. The Morgan fingerprint density at radius 1 is 1.63 bits per heavy atom. The molecule has 2 heterocycles. The van der Waals surface area contributed by atoms with Crippen LogP contribution in [0.15, 0.2) is 31.0 Å². The van der Waals surface area contributed by atoms with E-state index in [1.54, 1.807) is 18.3 Å². The fourth-order valence-corrected chi connectivity index (χ4v) is 1.52. The van der Waals surface area contributed by atoms with E-state index in [1.165, 1.54) is 24.4 Å². The van der Waals surface area contributed by atoms with Gasteiger partial charge in [-0.15, -0.1) is 0 Å². The summed E-state index contributed by atoms with van der Waals surface area (Å²) in [5, 5.41) is 6.68. The Labute approximate surface area is 109 Å². The van der Waals surface area contributed by atoms with Crippen molar-refractivity contribution in [3.8, 4) is 5.82 Å². The molecule has 1 unspecified atom stereocenters. The van der Waals surface area contributed by atoms with Crippen LogP contribution in [0.2, 0.25) is 0 Å². The zero-order chi connectivity index (χ0) is 13.7. The zero-order valence-corrected chi connectivity index (χ0v) is 10.4. The van der Waals surface area contributed by atoms with Crippen LogP contribution in [0.25, 0.3) is 5.82 Å². The lowest BCUT2D eigenvalue weighted by Gasteiger charge is -2.14. The molecule has 0 saturated carbocycles. The van der Waals surface area contributed by atoms with E-state index < -0.39 is 6.10 Å². The van der Waals surface area contributed by atoms with Crippen LogP contribution < -0.4 is 11.1 Å². The highest BCUT2D eigenvalue weighted by atomic mass is 16.5. The SMILES string of the molecule is COC(CN)C(=O)Nc1cccnc1-n1cncn1. The van der Waals surface area contributed by atoms with Crippen molar-refractivity contribution in [1.29, 1.82) is 0 Å². The Balaban J connectivity index is 2.24. The summed E-state index contributed by atoms with van der Waals surface area (Å²) in [7, 11) is 1.43. The van der Waals surface area contributed by atoms with Crippen molar-refractivity contribution in [2.45, 2.75) is 6.10 Å². The lowest BCUT2D eigenvalue weighted by Crippen LogP contribution is -2.36. The minimum atomic E-state index is -0.705. The van der Waals surface area contributed by atoms with Crippen LogP contribution >= 0.6 is 0 Å². The van der Waals surface area contributed by atoms with Crippen LogP contribution in [-0.2, 0) is 9.53 Å². The molecule has 0 aliphatic heterocycles. The number of carbonyl (C=O) groups excluding carboxylic acids is 1. The molecule has 0 spiro atoms. The molecule has 0 aromatic carbocycles. The van der Waals surface area contributed by atoms with Crippen LogP contribution in [0, 0.1) is 0 Å². The first-order chi connectivity index (χ1) is 9.26. The predicted molar refractivity (Wildman–Crippen MR) is 67.6 cm³/mol. The Kier molecular flexibility index (Phi) is 4.16. The van der Waals surface area contributed by atoms with Crippen molar-refractivity contribution >= 4 is 11.6 Å². The Bertz CT molecular complexity index is 538. The van der Waals surface area contributed by atoms with E-state index in [4.69, 9.17) is 10.5 Å². The third-order valence-electron chi connectivity index (χ3n) is 2.47. The zero-order valence-electron chi connectivity index (χ0n) is 10.4. The molecule has 19 heavy (non-hydrogen) atoms. The van der Waals surface area contributed by atoms with E-state index >= 15 is 0 Å². The lowest BCUT2D eigenvalue weighted by atomic mass is 10.3. The summed E-state index contributed by atoms with van der Waals surface area (Å²) in [5.41, 5.74) is 5.95. The number of pyridine rings is 1. The smallest absolute Gasteiger partial charge is 0.254 e. The van der Waals surface area contributed by atoms with E-state index in [-0.39, 0.29) is 12.5 Å². The Hall–Kier alpha value is -2.32. The van der Waals surface area contributed by atoms with Gasteiger partial charge in [-0.05, 0) is 12.1 Å². The van der Waals surface area contributed by atoms with Gasteiger partial charge >= 0.3 is 0 Å². The summed E-state index contributed by atoms with van der Waals surface area (Å²) < 4.78 is 6.43. The van der Waals surface area contributed by atoms with Crippen molar-refractivity contribution in [3.05, 3.63) is 31.0 Å². The molecule has 8 nitrogen and oxygen atoms in total. The number of nitrogens with two attached hydrogens (primary N) is 1. The van der Waals surface area contributed by atoms with E-state index in [9.17, 15) is 4.79 Å². The molecule has 0 fully saturated rings. The molecule has 100 valence electrons. The maximum absolute atomic E-state index is 11.9. The Morgan fingerprint density at radius 2 is 2.47 bits per heavy atom. The van der Waals surface area contributed by atoms with Gasteiger partial charge in [0.25, 0.3) is 5.91 Å². The molecule has 3 N–H and O–H groups in total. The number of methoxy groups -OCH3 is 1. The number of nitrogens with zero attached hydrogens (tertiary/aromatic N) is 4. The van der Waals surface area contributed by atoms with Gasteiger partial charge in [-0.1, -0.05) is 0 Å². The lowest BCUT2D eigenvalue weighted by molar-refractivity contribution is -0.125. The quantitative estimate of drug-likeness (QED) is 0.757. The first kappa shape index (κ1) is 13.1. The molecular formula is C11H14N6O2. The molecule has 0 radical (unpaired) electrons. The molecule has 2 rings (SSSR count). The van der Waals surface area contributed by atoms with Gasteiger partial charge in [-0.3, -0.25) is 4.79 Å². The largest absolute Gasteiger partial charge is 0.370 e. The van der Waals surface area contributed by atoms with Crippen molar-refractivity contribution < 1.29 is 9.53 Å². The molecule has 1 amide bonds. The molecule has 2 aromatic heterocycles. The molecule has 2 aromatic rings. The summed E-state index contributed by atoms with van der Waals surface area (Å²) >= 11 is 0. The number of nitrogens with one attached hydrogen (secondary N) is 1. The summed E-state index contributed by atoms with van der Waals surface area (Å²) in [6.07, 6.45) is 3.78. The minimum Gasteiger partial charge on any atom is -0.370 e. The van der Waals surface area contributed by atoms with Gasteiger partial charge < -0.3 is 15.8 Å². The van der Waals surface area contributed by atoms with Crippen LogP contribution in [-0.4, -0.2) is 45.4 Å². The van der Waals surface area contributed by atoms with Crippen molar-refractivity contribution in [2.75, 3.05) is 19.0 Å². The normalized spacial score (nSPS) is 12.1. The van der Waals surface area contributed by atoms with Gasteiger partial charge in [-0.2, -0.15) is 5.10 Å². The second kappa shape index (κ2) is 6.03. The molecule has 0 bridgehead atoms. The van der Waals surface area contributed by atoms with E-state index in [0.29, 0.717) is 11.5 Å². The predicted octanol–water partition coefficient (Wildman–Crippen LogP) is -0.425. The van der Waals surface area contributed by atoms with Crippen LogP contribution in [0.1, 0.15) is 0 Å².